The fraction of sp³-hybridized carbons (Fsp3) is 0.400. The molecule has 0 aliphatic heterocycles. The lowest BCUT2D eigenvalue weighted by atomic mass is 10.1. The second-order valence-corrected chi connectivity index (χ2v) is 2.90. The molecule has 0 unspecified atom stereocenters. The third kappa shape index (κ3) is 1.98. The van der Waals surface area contributed by atoms with Crippen molar-refractivity contribution in [2.75, 3.05) is 18.6 Å². The van der Waals surface area contributed by atoms with E-state index in [0.717, 1.165) is 6.42 Å². The molecule has 0 radical (unpaired) electrons. The molecule has 2 N–H and O–H groups in total. The lowest BCUT2D eigenvalue weighted by molar-refractivity contribution is 0.932. The summed E-state index contributed by atoms with van der Waals surface area (Å²) in [5.41, 5.74) is 8.04. The Bertz CT molecular complexity index is 228. The van der Waals surface area contributed by atoms with E-state index in [1.54, 1.807) is 0 Å². The van der Waals surface area contributed by atoms with Crippen LogP contribution in [0.3, 0.4) is 0 Å². The first-order valence-electron chi connectivity index (χ1n) is 4.28. The molecule has 66 valence electrons. The van der Waals surface area contributed by atoms with Crippen molar-refractivity contribution < 1.29 is 0 Å². The Hall–Kier alpha value is -1.02. The zero-order valence-corrected chi connectivity index (χ0v) is 7.75. The van der Waals surface area contributed by atoms with Crippen LogP contribution in [0, 0.1) is 0 Å². The van der Waals surface area contributed by atoms with Crippen LogP contribution in [0.2, 0.25) is 0 Å². The van der Waals surface area contributed by atoms with Gasteiger partial charge in [0.1, 0.15) is 0 Å². The molecule has 0 atom stereocenters. The smallest absolute Gasteiger partial charge is 0.0653 e. The van der Waals surface area contributed by atoms with E-state index in [2.05, 4.69) is 31.2 Å². The summed E-state index contributed by atoms with van der Waals surface area (Å²) in [5.74, 6) is 0. The summed E-state index contributed by atoms with van der Waals surface area (Å²) >= 11 is 0. The fourth-order valence-electron chi connectivity index (χ4n) is 1.09. The van der Waals surface area contributed by atoms with Crippen LogP contribution in [0.1, 0.15) is 12.5 Å². The van der Waals surface area contributed by atoms with Gasteiger partial charge in [-0.05, 0) is 24.1 Å². The van der Waals surface area contributed by atoms with E-state index >= 15 is 0 Å². The van der Waals surface area contributed by atoms with Crippen molar-refractivity contribution in [3.05, 3.63) is 29.8 Å². The highest BCUT2D eigenvalue weighted by atomic mass is 15.1. The molecule has 0 bridgehead atoms. The van der Waals surface area contributed by atoms with Crippen molar-refractivity contribution >= 4 is 5.69 Å². The highest BCUT2D eigenvalue weighted by molar-refractivity contribution is 5.46. The van der Waals surface area contributed by atoms with E-state index in [0.29, 0.717) is 6.67 Å². The molecular formula is C10H16N2. The van der Waals surface area contributed by atoms with Crippen molar-refractivity contribution in [2.45, 2.75) is 13.3 Å². The third-order valence-electron chi connectivity index (χ3n) is 2.06. The number of benzene rings is 1. The molecule has 0 aliphatic carbocycles. The van der Waals surface area contributed by atoms with Gasteiger partial charge in [0.25, 0.3) is 0 Å². The topological polar surface area (TPSA) is 29.3 Å². The number of nitrogens with two attached hydrogens (primary N) is 1. The number of nitrogens with zero attached hydrogens (tertiary/aromatic N) is 1. The van der Waals surface area contributed by atoms with Crippen LogP contribution in [0.15, 0.2) is 24.3 Å². The van der Waals surface area contributed by atoms with Gasteiger partial charge in [0.2, 0.25) is 0 Å². The Labute approximate surface area is 74.0 Å². The molecule has 12 heavy (non-hydrogen) atoms. The van der Waals surface area contributed by atoms with Gasteiger partial charge in [-0.2, -0.15) is 0 Å². The molecule has 0 aromatic heterocycles. The quantitative estimate of drug-likeness (QED) is 0.687. The highest BCUT2D eigenvalue weighted by Crippen LogP contribution is 2.12. The molecule has 0 spiro atoms. The molecular weight excluding hydrogens is 148 g/mol. The van der Waals surface area contributed by atoms with E-state index < -0.39 is 0 Å². The Morgan fingerprint density at radius 1 is 1.25 bits per heavy atom. The summed E-state index contributed by atoms with van der Waals surface area (Å²) in [7, 11) is 1.99. The van der Waals surface area contributed by atoms with E-state index in [-0.39, 0.29) is 0 Å². The van der Waals surface area contributed by atoms with Crippen LogP contribution in [-0.2, 0) is 6.42 Å². The summed E-state index contributed by atoms with van der Waals surface area (Å²) < 4.78 is 0. The van der Waals surface area contributed by atoms with Gasteiger partial charge in [-0.15, -0.1) is 0 Å². The zero-order chi connectivity index (χ0) is 8.97. The Morgan fingerprint density at radius 3 is 2.25 bits per heavy atom. The first-order valence-corrected chi connectivity index (χ1v) is 4.28. The minimum absolute atomic E-state index is 0.561. The number of hydrogen-bond donors (Lipinski definition) is 1. The van der Waals surface area contributed by atoms with Gasteiger partial charge in [0.05, 0.1) is 6.67 Å². The first-order chi connectivity index (χ1) is 5.77. The monoisotopic (exact) mass is 164 g/mol. The van der Waals surface area contributed by atoms with Crippen LogP contribution in [-0.4, -0.2) is 13.7 Å². The maximum absolute atomic E-state index is 5.50. The average Bonchev–Trinajstić information content (AvgIpc) is 2.17. The second-order valence-electron chi connectivity index (χ2n) is 2.90. The number of rotatable bonds is 3. The fourth-order valence-corrected chi connectivity index (χ4v) is 1.09. The van der Waals surface area contributed by atoms with Crippen molar-refractivity contribution in [2.24, 2.45) is 5.73 Å². The van der Waals surface area contributed by atoms with Crippen molar-refractivity contribution in [3.8, 4) is 0 Å². The van der Waals surface area contributed by atoms with Crippen molar-refractivity contribution in [1.29, 1.82) is 0 Å². The maximum Gasteiger partial charge on any atom is 0.0653 e. The molecule has 2 heteroatoms. The largest absolute Gasteiger partial charge is 0.362 e. The Balaban J connectivity index is 2.77. The minimum Gasteiger partial charge on any atom is -0.362 e. The van der Waals surface area contributed by atoms with Crippen LogP contribution in [0.4, 0.5) is 5.69 Å². The molecule has 0 saturated carbocycles. The van der Waals surface area contributed by atoms with Crippen LogP contribution < -0.4 is 10.6 Å². The standard InChI is InChI=1S/C10H16N2/c1-3-9-4-6-10(7-5-9)12(2)8-11/h4-7H,3,8,11H2,1-2H3. The van der Waals surface area contributed by atoms with Crippen LogP contribution in [0.5, 0.6) is 0 Å². The molecule has 0 aliphatic rings. The summed E-state index contributed by atoms with van der Waals surface area (Å²) in [6.45, 7) is 2.72. The Morgan fingerprint density at radius 2 is 1.83 bits per heavy atom. The first kappa shape index (κ1) is 9.07. The lowest BCUT2D eigenvalue weighted by Crippen LogP contribution is -2.24. The molecule has 0 heterocycles. The lowest BCUT2D eigenvalue weighted by Gasteiger charge is -2.16. The molecule has 0 amide bonds. The summed E-state index contributed by atoms with van der Waals surface area (Å²) in [6, 6.07) is 8.49. The van der Waals surface area contributed by atoms with Crippen molar-refractivity contribution in [1.82, 2.24) is 0 Å². The van der Waals surface area contributed by atoms with Gasteiger partial charge >= 0.3 is 0 Å². The zero-order valence-electron chi connectivity index (χ0n) is 7.75. The predicted molar refractivity (Wildman–Crippen MR) is 53.3 cm³/mol. The Kier molecular flexibility index (Phi) is 3.11. The van der Waals surface area contributed by atoms with Gasteiger partial charge in [0.15, 0.2) is 0 Å². The van der Waals surface area contributed by atoms with E-state index in [1.807, 2.05) is 11.9 Å². The second kappa shape index (κ2) is 4.12. The van der Waals surface area contributed by atoms with E-state index in [1.165, 1.54) is 11.3 Å². The van der Waals surface area contributed by atoms with Crippen molar-refractivity contribution in [3.63, 3.8) is 0 Å². The van der Waals surface area contributed by atoms with E-state index in [4.69, 9.17) is 5.73 Å². The molecule has 0 fully saturated rings. The SMILES string of the molecule is CCc1ccc(N(C)CN)cc1. The van der Waals surface area contributed by atoms with Gasteiger partial charge in [-0.3, -0.25) is 0 Å². The van der Waals surface area contributed by atoms with Gasteiger partial charge in [-0.1, -0.05) is 19.1 Å². The normalized spacial score (nSPS) is 9.92. The summed E-state index contributed by atoms with van der Waals surface area (Å²) in [4.78, 5) is 2.01. The van der Waals surface area contributed by atoms with Gasteiger partial charge < -0.3 is 10.6 Å². The number of aryl methyl sites for hydroxylation is 1. The van der Waals surface area contributed by atoms with E-state index in [9.17, 15) is 0 Å². The summed E-state index contributed by atoms with van der Waals surface area (Å²) in [5, 5.41) is 0. The number of anilines is 1. The average molecular weight is 164 g/mol. The van der Waals surface area contributed by atoms with Crippen LogP contribution >= 0.6 is 0 Å². The molecule has 1 rings (SSSR count). The van der Waals surface area contributed by atoms with Gasteiger partial charge in [-0.25, -0.2) is 0 Å². The van der Waals surface area contributed by atoms with Crippen LogP contribution in [0.25, 0.3) is 0 Å². The molecule has 2 nitrogen and oxygen atoms in total. The number of hydrogen-bond acceptors (Lipinski definition) is 2. The molecule has 0 saturated heterocycles. The molecule has 1 aromatic rings. The third-order valence-corrected chi connectivity index (χ3v) is 2.06. The molecule has 1 aromatic carbocycles. The van der Waals surface area contributed by atoms with Gasteiger partial charge in [0, 0.05) is 12.7 Å². The maximum atomic E-state index is 5.50. The predicted octanol–water partition coefficient (Wildman–Crippen LogP) is 1.60. The highest BCUT2D eigenvalue weighted by Gasteiger charge is 1.96. The minimum atomic E-state index is 0.561. The summed E-state index contributed by atoms with van der Waals surface area (Å²) in [6.07, 6.45) is 1.09.